The Kier molecular flexibility index (Phi) is 4.68. The smallest absolute Gasteiger partial charge is 0.408 e. The zero-order valence-corrected chi connectivity index (χ0v) is 14.5. The molecule has 0 radical (unpaired) electrons. The van der Waals surface area contributed by atoms with Gasteiger partial charge >= 0.3 is 6.09 Å². The molecule has 5 nitrogen and oxygen atoms in total. The van der Waals surface area contributed by atoms with E-state index in [4.69, 9.17) is 9.47 Å². The number of fused-ring (bicyclic) bond motifs is 1. The third-order valence-electron chi connectivity index (χ3n) is 5.28. The molecule has 3 aliphatic rings. The van der Waals surface area contributed by atoms with Crippen LogP contribution in [0, 0.1) is 23.7 Å². The standard InChI is InChI=1S/C18H29NO4/c1-18(2,3)23-17(21)19-15(16(20)12-4-5-22-10-12)8-11-6-13-9-14(13)7-11/h11-15H,4-10H2,1-3H3,(H,19,21)/t11?,12-,13-,14+,15-/m0/s1. The van der Waals surface area contributed by atoms with Crippen molar-refractivity contribution in [3.8, 4) is 0 Å². The van der Waals surface area contributed by atoms with Crippen molar-refractivity contribution < 1.29 is 19.1 Å². The molecule has 0 aromatic carbocycles. The molecule has 1 heterocycles. The minimum Gasteiger partial charge on any atom is -0.444 e. The maximum absolute atomic E-state index is 12.8. The Labute approximate surface area is 138 Å². The SMILES string of the molecule is CC(C)(C)OC(=O)N[C@@H](CC1C[C@@H]2C[C@@H]2C1)C(=O)[C@H]1CCOC1. The molecule has 1 amide bonds. The Bertz CT molecular complexity index is 454. The lowest BCUT2D eigenvalue weighted by Crippen LogP contribution is -2.46. The first-order valence-electron chi connectivity index (χ1n) is 8.93. The number of carbonyl (C=O) groups is 2. The van der Waals surface area contributed by atoms with Crippen LogP contribution in [0.4, 0.5) is 4.79 Å². The maximum Gasteiger partial charge on any atom is 0.408 e. The minimum atomic E-state index is -0.552. The molecule has 0 spiro atoms. The van der Waals surface area contributed by atoms with Crippen LogP contribution in [0.2, 0.25) is 0 Å². The lowest BCUT2D eigenvalue weighted by Gasteiger charge is -2.26. The third-order valence-corrected chi connectivity index (χ3v) is 5.28. The number of rotatable bonds is 5. The van der Waals surface area contributed by atoms with Crippen molar-refractivity contribution in [3.63, 3.8) is 0 Å². The maximum atomic E-state index is 12.8. The van der Waals surface area contributed by atoms with E-state index >= 15 is 0 Å². The quantitative estimate of drug-likeness (QED) is 0.845. The van der Waals surface area contributed by atoms with Crippen molar-refractivity contribution >= 4 is 11.9 Å². The number of carbonyl (C=O) groups excluding carboxylic acids is 2. The van der Waals surface area contributed by atoms with Gasteiger partial charge in [-0.3, -0.25) is 4.79 Å². The molecule has 2 saturated carbocycles. The molecular formula is C18H29NO4. The van der Waals surface area contributed by atoms with Crippen molar-refractivity contribution in [3.05, 3.63) is 0 Å². The number of hydrogen-bond donors (Lipinski definition) is 1. The summed E-state index contributed by atoms with van der Waals surface area (Å²) in [4.78, 5) is 24.9. The summed E-state index contributed by atoms with van der Waals surface area (Å²) < 4.78 is 10.7. The molecule has 1 aliphatic heterocycles. The Hall–Kier alpha value is -1.10. The van der Waals surface area contributed by atoms with Crippen molar-refractivity contribution in [2.24, 2.45) is 23.7 Å². The number of hydrogen-bond acceptors (Lipinski definition) is 4. The third kappa shape index (κ3) is 4.46. The lowest BCUT2D eigenvalue weighted by molar-refractivity contribution is -0.125. The summed E-state index contributed by atoms with van der Waals surface area (Å²) in [5.74, 6) is 2.36. The number of alkyl carbamates (subject to hydrolysis) is 1. The number of ketones is 1. The van der Waals surface area contributed by atoms with Crippen LogP contribution in [0.3, 0.4) is 0 Å². The molecular weight excluding hydrogens is 294 g/mol. The molecule has 1 saturated heterocycles. The molecule has 5 heteroatoms. The number of Topliss-reactive ketones (excluding diaryl/α,β-unsaturated/α-hetero) is 1. The van der Waals surface area contributed by atoms with Gasteiger partial charge in [0.05, 0.1) is 12.6 Å². The van der Waals surface area contributed by atoms with Crippen molar-refractivity contribution in [1.82, 2.24) is 5.32 Å². The highest BCUT2D eigenvalue weighted by Crippen LogP contribution is 2.55. The average Bonchev–Trinajstić information content (AvgIpc) is 2.90. The van der Waals surface area contributed by atoms with Crippen molar-refractivity contribution in [2.45, 2.75) is 64.5 Å². The summed E-state index contributed by atoms with van der Waals surface area (Å²) in [5.41, 5.74) is -0.552. The summed E-state index contributed by atoms with van der Waals surface area (Å²) in [5, 5.41) is 2.84. The fourth-order valence-electron chi connectivity index (χ4n) is 4.11. The van der Waals surface area contributed by atoms with E-state index < -0.39 is 17.7 Å². The highest BCUT2D eigenvalue weighted by atomic mass is 16.6. The molecule has 5 atom stereocenters. The summed E-state index contributed by atoms with van der Waals surface area (Å²) in [7, 11) is 0. The predicted octanol–water partition coefficient (Wildman–Crippen LogP) is 2.92. The van der Waals surface area contributed by atoms with E-state index in [0.29, 0.717) is 19.1 Å². The first-order valence-corrected chi connectivity index (χ1v) is 8.93. The molecule has 1 unspecified atom stereocenters. The molecule has 2 aliphatic carbocycles. The average molecular weight is 323 g/mol. The summed E-state index contributed by atoms with van der Waals surface area (Å²) in [6.45, 7) is 6.63. The number of amides is 1. The van der Waals surface area contributed by atoms with Gasteiger partial charge in [-0.15, -0.1) is 0 Å². The monoisotopic (exact) mass is 323 g/mol. The van der Waals surface area contributed by atoms with Crippen LogP contribution in [0.15, 0.2) is 0 Å². The van der Waals surface area contributed by atoms with E-state index in [-0.39, 0.29) is 11.7 Å². The molecule has 0 bridgehead atoms. The van der Waals surface area contributed by atoms with Gasteiger partial charge in [0, 0.05) is 12.5 Å². The van der Waals surface area contributed by atoms with Gasteiger partial charge in [-0.1, -0.05) is 0 Å². The van der Waals surface area contributed by atoms with Gasteiger partial charge < -0.3 is 14.8 Å². The second-order valence-electron chi connectivity index (χ2n) is 8.49. The van der Waals surface area contributed by atoms with Gasteiger partial charge in [0.15, 0.2) is 5.78 Å². The molecule has 1 N–H and O–H groups in total. The largest absolute Gasteiger partial charge is 0.444 e. The molecule has 0 aromatic heterocycles. The fraction of sp³-hybridized carbons (Fsp3) is 0.889. The molecule has 130 valence electrons. The second-order valence-corrected chi connectivity index (χ2v) is 8.49. The normalized spacial score (nSPS) is 33.9. The van der Waals surface area contributed by atoms with Gasteiger partial charge in [-0.05, 0) is 70.6 Å². The van der Waals surface area contributed by atoms with E-state index in [1.54, 1.807) is 0 Å². The second kappa shape index (κ2) is 6.42. The number of nitrogens with one attached hydrogen (secondary N) is 1. The highest BCUT2D eigenvalue weighted by Gasteiger charge is 2.47. The van der Waals surface area contributed by atoms with Crippen LogP contribution < -0.4 is 5.32 Å². The minimum absolute atomic E-state index is 0.0779. The Morgan fingerprint density at radius 3 is 2.48 bits per heavy atom. The molecule has 3 rings (SSSR count). The van der Waals surface area contributed by atoms with Crippen LogP contribution in [0.1, 0.15) is 52.9 Å². The lowest BCUT2D eigenvalue weighted by atomic mass is 9.88. The van der Waals surface area contributed by atoms with Gasteiger partial charge in [0.1, 0.15) is 5.60 Å². The first kappa shape index (κ1) is 16.7. The topological polar surface area (TPSA) is 64.6 Å². The van der Waals surface area contributed by atoms with E-state index in [0.717, 1.165) is 24.7 Å². The van der Waals surface area contributed by atoms with E-state index in [9.17, 15) is 9.59 Å². The van der Waals surface area contributed by atoms with Crippen LogP contribution >= 0.6 is 0 Å². The zero-order valence-electron chi connectivity index (χ0n) is 14.5. The molecule has 3 fully saturated rings. The van der Waals surface area contributed by atoms with Crippen LogP contribution in [0.5, 0.6) is 0 Å². The Balaban J connectivity index is 1.59. The Morgan fingerprint density at radius 1 is 1.22 bits per heavy atom. The van der Waals surface area contributed by atoms with E-state index in [1.807, 2.05) is 20.8 Å². The zero-order chi connectivity index (χ0) is 16.6. The van der Waals surface area contributed by atoms with Crippen LogP contribution in [-0.2, 0) is 14.3 Å². The Morgan fingerprint density at radius 2 is 1.91 bits per heavy atom. The number of ether oxygens (including phenoxy) is 2. The van der Waals surface area contributed by atoms with Crippen molar-refractivity contribution in [2.75, 3.05) is 13.2 Å². The van der Waals surface area contributed by atoms with Gasteiger partial charge in [0.2, 0.25) is 0 Å². The van der Waals surface area contributed by atoms with Gasteiger partial charge in [0.25, 0.3) is 0 Å². The highest BCUT2D eigenvalue weighted by molar-refractivity contribution is 5.89. The van der Waals surface area contributed by atoms with Crippen molar-refractivity contribution in [1.29, 1.82) is 0 Å². The summed E-state index contributed by atoms with van der Waals surface area (Å²) >= 11 is 0. The molecule has 0 aromatic rings. The summed E-state index contributed by atoms with van der Waals surface area (Å²) in [6, 6.07) is -0.431. The molecule has 23 heavy (non-hydrogen) atoms. The first-order chi connectivity index (χ1) is 10.8. The van der Waals surface area contributed by atoms with Crippen LogP contribution in [0.25, 0.3) is 0 Å². The van der Waals surface area contributed by atoms with E-state index in [2.05, 4.69) is 5.32 Å². The predicted molar refractivity (Wildman–Crippen MR) is 86.0 cm³/mol. The fourth-order valence-corrected chi connectivity index (χ4v) is 4.11. The summed E-state index contributed by atoms with van der Waals surface area (Å²) in [6.07, 6.45) is 4.82. The van der Waals surface area contributed by atoms with Gasteiger partial charge in [-0.25, -0.2) is 4.79 Å². The van der Waals surface area contributed by atoms with Crippen LogP contribution in [-0.4, -0.2) is 36.7 Å². The van der Waals surface area contributed by atoms with E-state index in [1.165, 1.54) is 19.3 Å². The van der Waals surface area contributed by atoms with Gasteiger partial charge in [-0.2, -0.15) is 0 Å².